The number of carbonyl (C=O) groups excluding carboxylic acids is 2. The first-order valence-corrected chi connectivity index (χ1v) is 8.31. The van der Waals surface area contributed by atoms with E-state index in [4.69, 9.17) is 0 Å². The molecular formula is C18H25N3O3. The van der Waals surface area contributed by atoms with E-state index in [9.17, 15) is 14.7 Å². The van der Waals surface area contributed by atoms with Crippen molar-refractivity contribution in [2.24, 2.45) is 5.92 Å². The molecular weight excluding hydrogens is 306 g/mol. The SMILES string of the molecule is CCC(CC)C(O)CNC(=O)C(=O)Nc1ccc2[nH]c(C)cc2c1. The molecule has 2 aromatic rings. The summed E-state index contributed by atoms with van der Waals surface area (Å²) < 4.78 is 0. The summed E-state index contributed by atoms with van der Waals surface area (Å²) in [7, 11) is 0. The topological polar surface area (TPSA) is 94.2 Å². The fourth-order valence-corrected chi connectivity index (χ4v) is 2.82. The molecule has 0 saturated carbocycles. The lowest BCUT2D eigenvalue weighted by Crippen LogP contribution is -2.41. The van der Waals surface area contributed by atoms with Gasteiger partial charge in [-0.1, -0.05) is 26.7 Å². The van der Waals surface area contributed by atoms with Gasteiger partial charge in [-0.3, -0.25) is 9.59 Å². The molecule has 6 nitrogen and oxygen atoms in total. The van der Waals surface area contributed by atoms with Crippen LogP contribution in [0.3, 0.4) is 0 Å². The summed E-state index contributed by atoms with van der Waals surface area (Å²) in [5, 5.41) is 16.0. The van der Waals surface area contributed by atoms with Crippen LogP contribution in [0.5, 0.6) is 0 Å². The summed E-state index contributed by atoms with van der Waals surface area (Å²) >= 11 is 0. The van der Waals surface area contributed by atoms with E-state index in [-0.39, 0.29) is 12.5 Å². The molecule has 1 heterocycles. The molecule has 0 saturated heterocycles. The number of aliphatic hydroxyl groups excluding tert-OH is 1. The van der Waals surface area contributed by atoms with Crippen LogP contribution in [0.4, 0.5) is 5.69 Å². The van der Waals surface area contributed by atoms with Crippen molar-refractivity contribution in [3.8, 4) is 0 Å². The van der Waals surface area contributed by atoms with Gasteiger partial charge in [0.05, 0.1) is 6.10 Å². The number of rotatable bonds is 6. The summed E-state index contributed by atoms with van der Waals surface area (Å²) in [6.45, 7) is 6.01. The van der Waals surface area contributed by atoms with Crippen molar-refractivity contribution in [2.75, 3.05) is 11.9 Å². The summed E-state index contributed by atoms with van der Waals surface area (Å²) in [6.07, 6.45) is 1.02. The number of H-pyrrole nitrogens is 1. The zero-order valence-electron chi connectivity index (χ0n) is 14.3. The number of amides is 2. The molecule has 6 heteroatoms. The quantitative estimate of drug-likeness (QED) is 0.612. The van der Waals surface area contributed by atoms with Crippen LogP contribution in [0.1, 0.15) is 32.4 Å². The first-order chi connectivity index (χ1) is 11.4. The van der Waals surface area contributed by atoms with E-state index in [1.165, 1.54) is 0 Å². The maximum absolute atomic E-state index is 12.0. The lowest BCUT2D eigenvalue weighted by Gasteiger charge is -2.20. The molecule has 4 N–H and O–H groups in total. The second kappa shape index (κ2) is 7.97. The lowest BCUT2D eigenvalue weighted by molar-refractivity contribution is -0.136. The number of nitrogens with one attached hydrogen (secondary N) is 3. The van der Waals surface area contributed by atoms with E-state index in [0.29, 0.717) is 5.69 Å². The summed E-state index contributed by atoms with van der Waals surface area (Å²) in [5.74, 6) is -1.36. The van der Waals surface area contributed by atoms with Crippen molar-refractivity contribution < 1.29 is 14.7 Å². The van der Waals surface area contributed by atoms with Crippen LogP contribution < -0.4 is 10.6 Å². The molecule has 130 valence electrons. The van der Waals surface area contributed by atoms with Gasteiger partial charge in [0.25, 0.3) is 0 Å². The fraction of sp³-hybridized carbons (Fsp3) is 0.444. The highest BCUT2D eigenvalue weighted by molar-refractivity contribution is 6.39. The van der Waals surface area contributed by atoms with Crippen LogP contribution in [0.15, 0.2) is 24.3 Å². The number of aryl methyl sites for hydroxylation is 1. The maximum atomic E-state index is 12.0. The van der Waals surface area contributed by atoms with Crippen molar-refractivity contribution in [3.05, 3.63) is 30.0 Å². The monoisotopic (exact) mass is 331 g/mol. The third-order valence-electron chi connectivity index (χ3n) is 4.28. The molecule has 0 aliphatic heterocycles. The summed E-state index contributed by atoms with van der Waals surface area (Å²) in [5.41, 5.74) is 2.56. The van der Waals surface area contributed by atoms with E-state index in [0.717, 1.165) is 29.4 Å². The minimum absolute atomic E-state index is 0.0780. The highest BCUT2D eigenvalue weighted by Crippen LogP contribution is 2.19. The normalized spacial score (nSPS) is 12.4. The number of aromatic nitrogens is 1. The van der Waals surface area contributed by atoms with Crippen LogP contribution in [-0.4, -0.2) is 34.6 Å². The fourth-order valence-electron chi connectivity index (χ4n) is 2.82. The number of benzene rings is 1. The average molecular weight is 331 g/mol. The molecule has 0 radical (unpaired) electrons. The van der Waals surface area contributed by atoms with Gasteiger partial charge in [0.15, 0.2) is 0 Å². The predicted octanol–water partition coefficient (Wildman–Crippen LogP) is 2.33. The molecule has 0 bridgehead atoms. The summed E-state index contributed by atoms with van der Waals surface area (Å²) in [4.78, 5) is 27.0. The number of aromatic amines is 1. The molecule has 0 spiro atoms. The van der Waals surface area contributed by atoms with Gasteiger partial charge in [-0.25, -0.2) is 0 Å². The first-order valence-electron chi connectivity index (χ1n) is 8.31. The van der Waals surface area contributed by atoms with Crippen LogP contribution in [0, 0.1) is 12.8 Å². The Morgan fingerprint density at radius 1 is 1.17 bits per heavy atom. The molecule has 2 amide bonds. The van der Waals surface area contributed by atoms with Crippen LogP contribution in [0.2, 0.25) is 0 Å². The van der Waals surface area contributed by atoms with Gasteiger partial charge in [-0.2, -0.15) is 0 Å². The Bertz CT molecular complexity index is 719. The minimum atomic E-state index is -0.745. The number of anilines is 1. The van der Waals surface area contributed by atoms with Gasteiger partial charge in [-0.15, -0.1) is 0 Å². The molecule has 1 aromatic carbocycles. The Balaban J connectivity index is 1.91. The smallest absolute Gasteiger partial charge is 0.313 e. The van der Waals surface area contributed by atoms with Crippen molar-refractivity contribution in [3.63, 3.8) is 0 Å². The van der Waals surface area contributed by atoms with Gasteiger partial charge in [0, 0.05) is 28.8 Å². The van der Waals surface area contributed by atoms with Crippen LogP contribution in [-0.2, 0) is 9.59 Å². The van der Waals surface area contributed by atoms with Gasteiger partial charge in [0.2, 0.25) is 0 Å². The lowest BCUT2D eigenvalue weighted by atomic mass is 9.96. The second-order valence-corrected chi connectivity index (χ2v) is 6.06. The summed E-state index contributed by atoms with van der Waals surface area (Å²) in [6, 6.07) is 7.37. The zero-order valence-corrected chi connectivity index (χ0v) is 14.3. The third-order valence-corrected chi connectivity index (χ3v) is 4.28. The molecule has 1 atom stereocenters. The minimum Gasteiger partial charge on any atom is -0.391 e. The molecule has 0 fully saturated rings. The highest BCUT2D eigenvalue weighted by atomic mass is 16.3. The standard InChI is InChI=1S/C18H25N3O3/c1-4-12(5-2)16(22)10-19-17(23)18(24)21-14-6-7-15-13(9-14)8-11(3)20-15/h6-9,12,16,20,22H,4-5,10H2,1-3H3,(H,19,23)(H,21,24). The number of aliphatic hydroxyl groups is 1. The Hall–Kier alpha value is -2.34. The largest absolute Gasteiger partial charge is 0.391 e. The maximum Gasteiger partial charge on any atom is 0.313 e. The van der Waals surface area contributed by atoms with Crippen molar-refractivity contribution in [1.82, 2.24) is 10.3 Å². The number of hydrogen-bond donors (Lipinski definition) is 4. The van der Waals surface area contributed by atoms with Gasteiger partial charge >= 0.3 is 11.8 Å². The third kappa shape index (κ3) is 4.35. The molecule has 1 aromatic heterocycles. The Morgan fingerprint density at radius 2 is 1.88 bits per heavy atom. The van der Waals surface area contributed by atoms with Crippen LogP contribution in [0.25, 0.3) is 10.9 Å². The Labute approximate surface area is 141 Å². The van der Waals surface area contributed by atoms with Crippen LogP contribution >= 0.6 is 0 Å². The van der Waals surface area contributed by atoms with Gasteiger partial charge in [0.1, 0.15) is 0 Å². The van der Waals surface area contributed by atoms with Gasteiger partial charge in [-0.05, 0) is 37.1 Å². The second-order valence-electron chi connectivity index (χ2n) is 6.06. The Morgan fingerprint density at radius 3 is 2.54 bits per heavy atom. The van der Waals surface area contributed by atoms with E-state index < -0.39 is 17.9 Å². The van der Waals surface area contributed by atoms with Crippen molar-refractivity contribution >= 4 is 28.4 Å². The average Bonchev–Trinajstić information content (AvgIpc) is 2.92. The number of hydrogen-bond acceptors (Lipinski definition) is 3. The van der Waals surface area contributed by atoms with Crippen molar-refractivity contribution in [1.29, 1.82) is 0 Å². The first kappa shape index (κ1) is 18.0. The predicted molar refractivity (Wildman–Crippen MR) is 94.8 cm³/mol. The molecule has 1 unspecified atom stereocenters. The zero-order chi connectivity index (χ0) is 17.7. The van der Waals surface area contributed by atoms with E-state index >= 15 is 0 Å². The van der Waals surface area contributed by atoms with Gasteiger partial charge < -0.3 is 20.7 Å². The van der Waals surface area contributed by atoms with Crippen molar-refractivity contribution in [2.45, 2.75) is 39.7 Å². The van der Waals surface area contributed by atoms with E-state index in [2.05, 4.69) is 15.6 Å². The molecule has 24 heavy (non-hydrogen) atoms. The van der Waals surface area contributed by atoms with E-state index in [1.54, 1.807) is 6.07 Å². The Kier molecular flexibility index (Phi) is 5.98. The highest BCUT2D eigenvalue weighted by Gasteiger charge is 2.19. The number of fused-ring (bicyclic) bond motifs is 1. The molecule has 0 aliphatic rings. The number of carbonyl (C=O) groups is 2. The van der Waals surface area contributed by atoms with E-state index in [1.807, 2.05) is 39.0 Å². The molecule has 0 aliphatic carbocycles. The molecule has 2 rings (SSSR count).